The average molecular weight is 403 g/mol. The first-order valence-corrected chi connectivity index (χ1v) is 11.2. The molecule has 2 heterocycles. The number of carbonyl (C=O) groups excluding carboxylic acids is 1. The lowest BCUT2D eigenvalue weighted by atomic mass is 9.62. The molecule has 30 heavy (non-hydrogen) atoms. The normalized spacial score (nSPS) is 23.5. The molecule has 1 fully saturated rings. The molecular formula is C26H30N2O2. The molecule has 1 aliphatic carbocycles. The number of aliphatic hydroxyl groups excluding tert-OH is 1. The predicted molar refractivity (Wildman–Crippen MR) is 119 cm³/mol. The van der Waals surface area contributed by atoms with Gasteiger partial charge in [0.05, 0.1) is 12.6 Å². The summed E-state index contributed by atoms with van der Waals surface area (Å²) in [7, 11) is 0. The maximum absolute atomic E-state index is 12.9. The molecule has 156 valence electrons. The molecule has 2 aliphatic rings. The number of hydrogen-bond acceptors (Lipinski definition) is 2. The van der Waals surface area contributed by atoms with Crippen molar-refractivity contribution < 1.29 is 9.90 Å². The minimum absolute atomic E-state index is 0.0139. The van der Waals surface area contributed by atoms with Crippen LogP contribution in [0.4, 0.5) is 0 Å². The number of β-amino-alcohol motifs (C(OH)–C–C–N with tert-alkyl or cyclic N) is 1. The summed E-state index contributed by atoms with van der Waals surface area (Å²) in [5.41, 5.74) is 5.35. The fraction of sp³-hybridized carbons (Fsp3) is 0.423. The third-order valence-electron chi connectivity index (χ3n) is 7.53. The number of piperidine rings is 1. The highest BCUT2D eigenvalue weighted by Gasteiger charge is 2.51. The largest absolute Gasteiger partial charge is 0.395 e. The Morgan fingerprint density at radius 2 is 1.77 bits per heavy atom. The second-order valence-corrected chi connectivity index (χ2v) is 8.88. The number of hydrogen-bond donors (Lipinski definition) is 1. The van der Waals surface area contributed by atoms with Gasteiger partial charge in [-0.1, -0.05) is 55.5 Å². The zero-order chi connectivity index (χ0) is 20.7. The van der Waals surface area contributed by atoms with Gasteiger partial charge in [0.25, 0.3) is 0 Å². The molecule has 0 radical (unpaired) electrons. The second-order valence-electron chi connectivity index (χ2n) is 8.88. The van der Waals surface area contributed by atoms with Gasteiger partial charge in [0.2, 0.25) is 5.91 Å². The third kappa shape index (κ3) is 2.89. The molecule has 4 heteroatoms. The minimum atomic E-state index is 0.0139. The van der Waals surface area contributed by atoms with E-state index in [0.717, 1.165) is 32.2 Å². The van der Waals surface area contributed by atoms with Crippen LogP contribution in [0.15, 0.2) is 54.6 Å². The van der Waals surface area contributed by atoms with Crippen LogP contribution in [-0.2, 0) is 17.8 Å². The molecule has 1 amide bonds. The first-order valence-electron chi connectivity index (χ1n) is 11.2. The standard InChI is InChI=1S/C26H30N2O2/c1-2-26-14-12-22-24(25(26)27(16-17-29)23(30)13-15-26)20-10-6-7-11-21(20)28(22)18-19-8-4-3-5-9-19/h3-11,25,29H,2,12-18H2,1H3/t25-,26-/m1/s1. The number of nitrogens with zero attached hydrogens (tertiary/aromatic N) is 2. The molecule has 1 aromatic heterocycles. The maximum Gasteiger partial charge on any atom is 0.223 e. The number of fused-ring (bicyclic) bond motifs is 5. The zero-order valence-corrected chi connectivity index (χ0v) is 17.7. The van der Waals surface area contributed by atoms with Crippen molar-refractivity contribution in [3.63, 3.8) is 0 Å². The molecule has 4 nitrogen and oxygen atoms in total. The molecule has 0 bridgehead atoms. The number of amides is 1. The van der Waals surface area contributed by atoms with Crippen LogP contribution in [0.5, 0.6) is 0 Å². The molecule has 0 spiro atoms. The molecule has 1 N–H and O–H groups in total. The van der Waals surface area contributed by atoms with E-state index in [1.54, 1.807) is 0 Å². The van der Waals surface area contributed by atoms with Crippen LogP contribution < -0.4 is 0 Å². The smallest absolute Gasteiger partial charge is 0.223 e. The van der Waals surface area contributed by atoms with Gasteiger partial charge in [-0.15, -0.1) is 0 Å². The number of likely N-dealkylation sites (tertiary alicyclic amines) is 1. The van der Waals surface area contributed by atoms with E-state index >= 15 is 0 Å². The fourth-order valence-electron chi connectivity index (χ4n) is 6.01. The molecule has 3 aromatic rings. The lowest BCUT2D eigenvalue weighted by Gasteiger charge is -2.52. The van der Waals surface area contributed by atoms with Crippen molar-refractivity contribution in [3.8, 4) is 0 Å². The van der Waals surface area contributed by atoms with E-state index in [1.807, 2.05) is 4.90 Å². The summed E-state index contributed by atoms with van der Waals surface area (Å²) < 4.78 is 2.47. The number of carbonyl (C=O) groups is 1. The number of para-hydroxylation sites is 1. The van der Waals surface area contributed by atoms with Crippen LogP contribution in [0.2, 0.25) is 0 Å². The first kappa shape index (κ1) is 19.4. The van der Waals surface area contributed by atoms with Crippen molar-refractivity contribution >= 4 is 16.8 Å². The van der Waals surface area contributed by atoms with Crippen LogP contribution in [0.3, 0.4) is 0 Å². The number of benzene rings is 2. The molecule has 1 saturated heterocycles. The summed E-state index contributed by atoms with van der Waals surface area (Å²) in [5.74, 6) is 0.186. The SMILES string of the molecule is CC[C@@]12CCC(=O)N(CCO)[C@@H]1c1c(n(Cc3ccccc3)c3ccccc13)CC2. The van der Waals surface area contributed by atoms with Crippen LogP contribution in [-0.4, -0.2) is 33.6 Å². The zero-order valence-electron chi connectivity index (χ0n) is 17.7. The lowest BCUT2D eigenvalue weighted by molar-refractivity contribution is -0.146. The van der Waals surface area contributed by atoms with Gasteiger partial charge in [-0.05, 0) is 42.7 Å². The summed E-state index contributed by atoms with van der Waals surface area (Å²) in [5, 5.41) is 11.0. The first-order chi connectivity index (χ1) is 14.7. The third-order valence-corrected chi connectivity index (χ3v) is 7.53. The summed E-state index contributed by atoms with van der Waals surface area (Å²) in [6.07, 6.45) is 4.75. The Hall–Kier alpha value is -2.59. The number of aliphatic hydroxyl groups is 1. The van der Waals surface area contributed by atoms with Crippen LogP contribution in [0, 0.1) is 5.41 Å². The van der Waals surface area contributed by atoms with Gasteiger partial charge in [-0.3, -0.25) is 4.79 Å². The Morgan fingerprint density at radius 3 is 2.53 bits per heavy atom. The van der Waals surface area contributed by atoms with E-state index in [4.69, 9.17) is 0 Å². The van der Waals surface area contributed by atoms with E-state index in [-0.39, 0.29) is 24.0 Å². The van der Waals surface area contributed by atoms with Gasteiger partial charge >= 0.3 is 0 Å². The van der Waals surface area contributed by atoms with Gasteiger partial charge < -0.3 is 14.6 Å². The molecule has 2 aromatic carbocycles. The number of rotatable bonds is 5. The van der Waals surface area contributed by atoms with Crippen LogP contribution in [0.25, 0.3) is 10.9 Å². The molecule has 1 aliphatic heterocycles. The van der Waals surface area contributed by atoms with E-state index in [2.05, 4.69) is 66.1 Å². The second kappa shape index (κ2) is 7.59. The summed E-state index contributed by atoms with van der Waals surface area (Å²) >= 11 is 0. The summed E-state index contributed by atoms with van der Waals surface area (Å²) in [4.78, 5) is 14.9. The van der Waals surface area contributed by atoms with E-state index in [9.17, 15) is 9.90 Å². The number of aromatic nitrogens is 1. The van der Waals surface area contributed by atoms with Crippen molar-refractivity contribution in [2.24, 2.45) is 5.41 Å². The maximum atomic E-state index is 12.9. The van der Waals surface area contributed by atoms with E-state index in [0.29, 0.717) is 13.0 Å². The molecule has 2 atom stereocenters. The van der Waals surface area contributed by atoms with Crippen LogP contribution >= 0.6 is 0 Å². The highest BCUT2D eigenvalue weighted by Crippen LogP contribution is 2.57. The molecule has 5 rings (SSSR count). The Kier molecular flexibility index (Phi) is 4.90. The Morgan fingerprint density at radius 1 is 1.03 bits per heavy atom. The molecule has 0 unspecified atom stereocenters. The van der Waals surface area contributed by atoms with Gasteiger partial charge in [0, 0.05) is 41.7 Å². The minimum Gasteiger partial charge on any atom is -0.395 e. The molecule has 0 saturated carbocycles. The van der Waals surface area contributed by atoms with Crippen molar-refractivity contribution in [1.29, 1.82) is 0 Å². The lowest BCUT2D eigenvalue weighted by Crippen LogP contribution is -2.51. The van der Waals surface area contributed by atoms with Gasteiger partial charge in [-0.25, -0.2) is 0 Å². The van der Waals surface area contributed by atoms with Gasteiger partial charge in [-0.2, -0.15) is 0 Å². The summed E-state index contributed by atoms with van der Waals surface area (Å²) in [6.45, 7) is 3.55. The summed E-state index contributed by atoms with van der Waals surface area (Å²) in [6, 6.07) is 19.3. The Balaban J connectivity index is 1.72. The van der Waals surface area contributed by atoms with Gasteiger partial charge in [0.15, 0.2) is 0 Å². The van der Waals surface area contributed by atoms with Gasteiger partial charge in [0.1, 0.15) is 0 Å². The van der Waals surface area contributed by atoms with Crippen molar-refractivity contribution in [2.45, 2.75) is 51.6 Å². The highest BCUT2D eigenvalue weighted by atomic mass is 16.3. The van der Waals surface area contributed by atoms with Crippen molar-refractivity contribution in [3.05, 3.63) is 71.4 Å². The topological polar surface area (TPSA) is 45.5 Å². The predicted octanol–water partition coefficient (Wildman–Crippen LogP) is 4.69. The Bertz CT molecular complexity index is 1070. The van der Waals surface area contributed by atoms with Crippen LogP contribution in [0.1, 0.15) is 55.5 Å². The monoisotopic (exact) mass is 402 g/mol. The highest BCUT2D eigenvalue weighted by molar-refractivity contribution is 5.88. The van der Waals surface area contributed by atoms with Crippen molar-refractivity contribution in [2.75, 3.05) is 13.2 Å². The average Bonchev–Trinajstić information content (AvgIpc) is 3.10. The van der Waals surface area contributed by atoms with Crippen molar-refractivity contribution in [1.82, 2.24) is 9.47 Å². The quantitative estimate of drug-likeness (QED) is 0.673. The van der Waals surface area contributed by atoms with E-state index in [1.165, 1.54) is 27.7 Å². The van der Waals surface area contributed by atoms with E-state index < -0.39 is 0 Å². The Labute approximate surface area is 178 Å². The molecular weight excluding hydrogens is 372 g/mol. The fourth-order valence-corrected chi connectivity index (χ4v) is 6.01.